The normalized spacial score (nSPS) is 12.0. The van der Waals surface area contributed by atoms with Gasteiger partial charge in [0.15, 0.2) is 0 Å². The second-order valence-electron chi connectivity index (χ2n) is 8.43. The topological polar surface area (TPSA) is 86.8 Å². The number of para-hydroxylation sites is 1. The van der Waals surface area contributed by atoms with E-state index in [-0.39, 0.29) is 28.1 Å². The Labute approximate surface area is 228 Å². The molecule has 37 heavy (non-hydrogen) atoms. The van der Waals surface area contributed by atoms with Crippen LogP contribution in [0.25, 0.3) is 0 Å². The van der Waals surface area contributed by atoms with Gasteiger partial charge in [0.2, 0.25) is 11.8 Å². The van der Waals surface area contributed by atoms with Gasteiger partial charge in [-0.2, -0.15) is 0 Å². The first-order valence-corrected chi connectivity index (χ1v) is 13.9. The molecule has 0 aliphatic rings. The van der Waals surface area contributed by atoms with Gasteiger partial charge in [-0.05, 0) is 49.2 Å². The van der Waals surface area contributed by atoms with E-state index in [2.05, 4.69) is 5.32 Å². The van der Waals surface area contributed by atoms with Gasteiger partial charge in [-0.25, -0.2) is 8.42 Å². The molecule has 0 saturated carbocycles. The Hall–Kier alpha value is -3.07. The molecule has 0 fully saturated rings. The Balaban J connectivity index is 2.08. The predicted octanol–water partition coefficient (Wildman–Crippen LogP) is 5.05. The standard InChI is InChI=1S/C27H29Cl2N3O4S/c1-4-24(27(34)30-3)31(17-20-9-5-6-10-22(20)28)26(33)18-32(25-12-8-7-11-23(25)29)37(35,36)21-15-13-19(2)14-16-21/h5-16,24H,4,17-18H2,1-3H3,(H,30,34)/t24-/m1/s1. The molecule has 3 aromatic carbocycles. The molecule has 1 atom stereocenters. The fourth-order valence-electron chi connectivity index (χ4n) is 3.90. The van der Waals surface area contributed by atoms with E-state index < -0.39 is 28.5 Å². The maximum absolute atomic E-state index is 13.9. The van der Waals surface area contributed by atoms with E-state index in [1.807, 2.05) is 6.92 Å². The van der Waals surface area contributed by atoms with Crippen LogP contribution in [-0.2, 0) is 26.2 Å². The van der Waals surface area contributed by atoms with E-state index >= 15 is 0 Å². The molecule has 0 bridgehead atoms. The summed E-state index contributed by atoms with van der Waals surface area (Å²) < 4.78 is 28.6. The average molecular weight is 563 g/mol. The Morgan fingerprint density at radius 2 is 1.51 bits per heavy atom. The van der Waals surface area contributed by atoms with E-state index in [9.17, 15) is 18.0 Å². The number of hydrogen-bond donors (Lipinski definition) is 1. The number of amides is 2. The summed E-state index contributed by atoms with van der Waals surface area (Å²) in [5.41, 5.74) is 1.68. The van der Waals surface area contributed by atoms with Crippen LogP contribution in [0, 0.1) is 6.92 Å². The van der Waals surface area contributed by atoms with Gasteiger partial charge in [-0.3, -0.25) is 13.9 Å². The highest BCUT2D eigenvalue weighted by Gasteiger charge is 2.34. The monoisotopic (exact) mass is 561 g/mol. The molecule has 0 aromatic heterocycles. The highest BCUT2D eigenvalue weighted by Crippen LogP contribution is 2.31. The van der Waals surface area contributed by atoms with Crippen molar-refractivity contribution in [3.8, 4) is 0 Å². The van der Waals surface area contributed by atoms with Gasteiger partial charge in [0, 0.05) is 18.6 Å². The number of sulfonamides is 1. The molecule has 0 unspecified atom stereocenters. The van der Waals surface area contributed by atoms with E-state index in [4.69, 9.17) is 23.2 Å². The van der Waals surface area contributed by atoms with Crippen LogP contribution in [0.1, 0.15) is 24.5 Å². The Kier molecular flexibility index (Phi) is 9.59. The van der Waals surface area contributed by atoms with Gasteiger partial charge >= 0.3 is 0 Å². The van der Waals surface area contributed by atoms with Crippen LogP contribution < -0.4 is 9.62 Å². The molecule has 3 aromatic rings. The number of benzene rings is 3. The molecule has 0 aliphatic carbocycles. The van der Waals surface area contributed by atoms with E-state index in [1.54, 1.807) is 61.5 Å². The summed E-state index contributed by atoms with van der Waals surface area (Å²) in [7, 11) is -2.70. The van der Waals surface area contributed by atoms with Crippen LogP contribution in [0.15, 0.2) is 77.7 Å². The first kappa shape index (κ1) is 28.5. The Morgan fingerprint density at radius 1 is 0.919 bits per heavy atom. The van der Waals surface area contributed by atoms with Crippen LogP contribution in [0.2, 0.25) is 10.0 Å². The molecule has 1 N–H and O–H groups in total. The van der Waals surface area contributed by atoms with Crippen molar-refractivity contribution in [1.82, 2.24) is 10.2 Å². The summed E-state index contributed by atoms with van der Waals surface area (Å²) in [6.07, 6.45) is 0.312. The lowest BCUT2D eigenvalue weighted by molar-refractivity contribution is -0.140. The lowest BCUT2D eigenvalue weighted by Crippen LogP contribution is -2.51. The summed E-state index contributed by atoms with van der Waals surface area (Å²) in [6, 6.07) is 18.9. The summed E-state index contributed by atoms with van der Waals surface area (Å²) in [5, 5.41) is 3.19. The number of nitrogens with zero attached hydrogens (tertiary/aromatic N) is 2. The van der Waals surface area contributed by atoms with Gasteiger partial charge in [-0.1, -0.05) is 78.2 Å². The number of aryl methyl sites for hydroxylation is 1. The van der Waals surface area contributed by atoms with Crippen molar-refractivity contribution in [2.75, 3.05) is 17.9 Å². The van der Waals surface area contributed by atoms with Crippen molar-refractivity contribution in [3.05, 3.63) is 94.0 Å². The summed E-state index contributed by atoms with van der Waals surface area (Å²) >= 11 is 12.8. The third-order valence-corrected chi connectivity index (χ3v) is 8.40. The molecular weight excluding hydrogens is 533 g/mol. The molecule has 2 amide bonds. The molecule has 0 radical (unpaired) electrons. The third-order valence-electron chi connectivity index (χ3n) is 5.94. The van der Waals surface area contributed by atoms with E-state index in [0.29, 0.717) is 17.0 Å². The van der Waals surface area contributed by atoms with Gasteiger partial charge in [0.1, 0.15) is 12.6 Å². The summed E-state index contributed by atoms with van der Waals surface area (Å²) in [5.74, 6) is -0.945. The summed E-state index contributed by atoms with van der Waals surface area (Å²) in [4.78, 5) is 28.0. The first-order chi connectivity index (χ1) is 17.6. The number of likely N-dealkylation sites (N-methyl/N-ethyl adjacent to an activating group) is 1. The van der Waals surface area contributed by atoms with Crippen molar-refractivity contribution < 1.29 is 18.0 Å². The number of nitrogens with one attached hydrogen (secondary N) is 1. The van der Waals surface area contributed by atoms with Crippen LogP contribution in [0.4, 0.5) is 5.69 Å². The molecule has 7 nitrogen and oxygen atoms in total. The number of carbonyl (C=O) groups is 2. The molecule has 0 heterocycles. The van der Waals surface area contributed by atoms with Crippen molar-refractivity contribution in [1.29, 1.82) is 0 Å². The molecule has 196 valence electrons. The molecule has 0 saturated heterocycles. The minimum Gasteiger partial charge on any atom is -0.357 e. The molecule has 0 spiro atoms. The second kappa shape index (κ2) is 12.4. The van der Waals surface area contributed by atoms with Gasteiger partial charge < -0.3 is 10.2 Å². The van der Waals surface area contributed by atoms with Crippen molar-refractivity contribution in [3.63, 3.8) is 0 Å². The number of hydrogen-bond acceptors (Lipinski definition) is 4. The zero-order chi connectivity index (χ0) is 27.2. The fourth-order valence-corrected chi connectivity index (χ4v) is 5.82. The Bertz CT molecular complexity index is 1360. The molecule has 10 heteroatoms. The van der Waals surface area contributed by atoms with Gasteiger partial charge in [0.05, 0.1) is 15.6 Å². The highest BCUT2D eigenvalue weighted by atomic mass is 35.5. The predicted molar refractivity (Wildman–Crippen MR) is 147 cm³/mol. The van der Waals surface area contributed by atoms with Crippen LogP contribution in [0.5, 0.6) is 0 Å². The number of carbonyl (C=O) groups excluding carboxylic acids is 2. The SMILES string of the molecule is CC[C@H](C(=O)NC)N(Cc1ccccc1Cl)C(=O)CN(c1ccccc1Cl)S(=O)(=O)c1ccc(C)cc1. The summed E-state index contributed by atoms with van der Waals surface area (Å²) in [6.45, 7) is 3.08. The van der Waals surface area contributed by atoms with Gasteiger partial charge in [0.25, 0.3) is 10.0 Å². The number of rotatable bonds is 10. The number of halogens is 2. The van der Waals surface area contributed by atoms with Gasteiger partial charge in [-0.15, -0.1) is 0 Å². The largest absolute Gasteiger partial charge is 0.357 e. The molecule has 0 aliphatic heterocycles. The van der Waals surface area contributed by atoms with Crippen molar-refractivity contribution >= 4 is 50.7 Å². The average Bonchev–Trinajstić information content (AvgIpc) is 2.88. The Morgan fingerprint density at radius 3 is 2.08 bits per heavy atom. The fraction of sp³-hybridized carbons (Fsp3) is 0.259. The third kappa shape index (κ3) is 6.63. The van der Waals surface area contributed by atoms with Crippen molar-refractivity contribution in [2.45, 2.75) is 37.8 Å². The zero-order valence-corrected chi connectivity index (χ0v) is 23.1. The zero-order valence-electron chi connectivity index (χ0n) is 20.8. The van der Waals surface area contributed by atoms with Crippen LogP contribution in [0.3, 0.4) is 0 Å². The second-order valence-corrected chi connectivity index (χ2v) is 11.1. The quantitative estimate of drug-likeness (QED) is 0.375. The lowest BCUT2D eigenvalue weighted by Gasteiger charge is -2.33. The van der Waals surface area contributed by atoms with Crippen molar-refractivity contribution in [2.24, 2.45) is 0 Å². The minimum absolute atomic E-state index is 0.0156. The highest BCUT2D eigenvalue weighted by molar-refractivity contribution is 7.92. The van der Waals surface area contributed by atoms with Crippen LogP contribution >= 0.6 is 23.2 Å². The lowest BCUT2D eigenvalue weighted by atomic mass is 10.1. The van der Waals surface area contributed by atoms with E-state index in [1.165, 1.54) is 30.1 Å². The number of anilines is 1. The molecular formula is C27H29Cl2N3O4S. The maximum atomic E-state index is 13.9. The minimum atomic E-state index is -4.19. The molecule has 3 rings (SSSR count). The van der Waals surface area contributed by atoms with Crippen LogP contribution in [-0.4, -0.2) is 44.8 Å². The first-order valence-electron chi connectivity index (χ1n) is 11.7. The van der Waals surface area contributed by atoms with E-state index in [0.717, 1.165) is 9.87 Å². The maximum Gasteiger partial charge on any atom is 0.264 e. The smallest absolute Gasteiger partial charge is 0.264 e.